The van der Waals surface area contributed by atoms with Gasteiger partial charge in [0.2, 0.25) is 6.19 Å². The molecule has 0 bridgehead atoms. The third-order valence-electron chi connectivity index (χ3n) is 1.80. The molecule has 1 amide bonds. The van der Waals surface area contributed by atoms with Crippen molar-refractivity contribution >= 4 is 15.1 Å². The van der Waals surface area contributed by atoms with Crippen molar-refractivity contribution in [2.75, 3.05) is 6.61 Å². The van der Waals surface area contributed by atoms with Gasteiger partial charge in [-0.05, 0) is 19.1 Å². The van der Waals surface area contributed by atoms with Gasteiger partial charge in [0.05, 0.1) is 11.5 Å². The molecule has 0 N–H and O–H groups in total. The van der Waals surface area contributed by atoms with Gasteiger partial charge in [-0.15, -0.1) is 5.06 Å². The SMILES string of the molecule is CCON(C#N)C(=O)S(=O)(=O)c1ccccc1. The van der Waals surface area contributed by atoms with Gasteiger partial charge in [-0.2, -0.15) is 5.26 Å². The molecule has 6 nitrogen and oxygen atoms in total. The first-order chi connectivity index (χ1) is 8.04. The lowest BCUT2D eigenvalue weighted by atomic mass is 10.4. The molecule has 17 heavy (non-hydrogen) atoms. The van der Waals surface area contributed by atoms with Gasteiger partial charge >= 0.3 is 5.24 Å². The van der Waals surface area contributed by atoms with Gasteiger partial charge < -0.3 is 0 Å². The molecule has 1 aromatic carbocycles. The second-order valence-electron chi connectivity index (χ2n) is 2.89. The maximum absolute atomic E-state index is 11.8. The molecular formula is C10H10N2O4S. The second kappa shape index (κ2) is 5.43. The molecular weight excluding hydrogens is 244 g/mol. The normalized spacial score (nSPS) is 10.6. The second-order valence-corrected chi connectivity index (χ2v) is 4.72. The molecule has 1 rings (SSSR count). The van der Waals surface area contributed by atoms with Crippen molar-refractivity contribution in [1.82, 2.24) is 5.06 Å². The van der Waals surface area contributed by atoms with Crippen molar-refractivity contribution < 1.29 is 18.0 Å². The Hall–Kier alpha value is -1.91. The van der Waals surface area contributed by atoms with Crippen molar-refractivity contribution in [2.24, 2.45) is 0 Å². The van der Waals surface area contributed by atoms with Crippen LogP contribution in [0.5, 0.6) is 0 Å². The van der Waals surface area contributed by atoms with Gasteiger partial charge in [0.1, 0.15) is 0 Å². The van der Waals surface area contributed by atoms with Gasteiger partial charge in [0.25, 0.3) is 9.84 Å². The van der Waals surface area contributed by atoms with Gasteiger partial charge in [0.15, 0.2) is 0 Å². The number of benzene rings is 1. The smallest absolute Gasteiger partial charge is 0.256 e. The molecule has 0 aromatic heterocycles. The fourth-order valence-electron chi connectivity index (χ4n) is 1.06. The lowest BCUT2D eigenvalue weighted by Gasteiger charge is -2.11. The van der Waals surface area contributed by atoms with Crippen LogP contribution in [0.2, 0.25) is 0 Å². The molecule has 0 radical (unpaired) electrons. The van der Waals surface area contributed by atoms with Crippen LogP contribution in [0.1, 0.15) is 6.92 Å². The fraction of sp³-hybridized carbons (Fsp3) is 0.200. The number of nitrogens with zero attached hydrogens (tertiary/aromatic N) is 2. The third kappa shape index (κ3) is 2.81. The van der Waals surface area contributed by atoms with E-state index < -0.39 is 15.1 Å². The number of hydroxylamine groups is 2. The molecule has 0 aliphatic heterocycles. The van der Waals surface area contributed by atoms with E-state index in [4.69, 9.17) is 5.26 Å². The number of nitriles is 1. The summed E-state index contributed by atoms with van der Waals surface area (Å²) in [5.74, 6) is 0. The zero-order valence-electron chi connectivity index (χ0n) is 9.03. The van der Waals surface area contributed by atoms with Gasteiger partial charge in [0, 0.05) is 0 Å². The maximum Gasteiger partial charge on any atom is 0.381 e. The Morgan fingerprint density at radius 3 is 2.47 bits per heavy atom. The lowest BCUT2D eigenvalue weighted by molar-refractivity contribution is -0.0585. The average Bonchev–Trinajstić information content (AvgIpc) is 2.36. The molecule has 1 aromatic rings. The molecule has 0 spiro atoms. The first-order valence-corrected chi connectivity index (χ1v) is 6.19. The predicted octanol–water partition coefficient (Wildman–Crippen LogP) is 1.31. The number of hydrogen-bond donors (Lipinski definition) is 0. The van der Waals surface area contributed by atoms with Crippen LogP contribution in [0.4, 0.5) is 4.79 Å². The van der Waals surface area contributed by atoms with Gasteiger partial charge in [-0.25, -0.2) is 8.42 Å². The van der Waals surface area contributed by atoms with Crippen molar-refractivity contribution in [3.05, 3.63) is 30.3 Å². The molecule has 0 heterocycles. The summed E-state index contributed by atoms with van der Waals surface area (Å²) >= 11 is 0. The summed E-state index contributed by atoms with van der Waals surface area (Å²) in [5.41, 5.74) is 0. The monoisotopic (exact) mass is 254 g/mol. The highest BCUT2D eigenvalue weighted by molar-refractivity contribution is 8.06. The maximum atomic E-state index is 11.8. The number of carbonyl (C=O) groups is 1. The van der Waals surface area contributed by atoms with Crippen LogP contribution in [-0.4, -0.2) is 25.3 Å². The van der Waals surface area contributed by atoms with E-state index in [9.17, 15) is 13.2 Å². The van der Waals surface area contributed by atoms with E-state index >= 15 is 0 Å². The Labute approximate surface area is 98.9 Å². The van der Waals surface area contributed by atoms with E-state index in [0.29, 0.717) is 0 Å². The molecule has 0 aliphatic rings. The largest absolute Gasteiger partial charge is 0.381 e. The minimum Gasteiger partial charge on any atom is -0.256 e. The molecule has 90 valence electrons. The van der Waals surface area contributed by atoms with Crippen LogP contribution >= 0.6 is 0 Å². The quantitative estimate of drug-likeness (QED) is 0.461. The Bertz CT molecular complexity index is 533. The van der Waals surface area contributed by atoms with E-state index in [1.54, 1.807) is 6.07 Å². The number of carbonyl (C=O) groups excluding carboxylic acids is 1. The van der Waals surface area contributed by atoms with E-state index in [-0.39, 0.29) is 16.6 Å². The Kier molecular flexibility index (Phi) is 4.20. The van der Waals surface area contributed by atoms with Crippen molar-refractivity contribution in [2.45, 2.75) is 11.8 Å². The standard InChI is InChI=1S/C10H10N2O4S/c1-2-16-12(8-11)10(13)17(14,15)9-6-4-3-5-7-9/h3-7H,2H2,1H3. The molecule has 0 saturated carbocycles. The van der Waals surface area contributed by atoms with Crippen molar-refractivity contribution in [3.8, 4) is 6.19 Å². The molecule has 7 heteroatoms. The minimum absolute atomic E-state index is 0.0175. The summed E-state index contributed by atoms with van der Waals surface area (Å²) in [5, 5.41) is 7.36. The van der Waals surface area contributed by atoms with Crippen LogP contribution in [0.25, 0.3) is 0 Å². The van der Waals surface area contributed by atoms with E-state index in [2.05, 4.69) is 4.84 Å². The summed E-state index contributed by atoms with van der Waals surface area (Å²) in [6.45, 7) is 1.55. The molecule has 0 saturated heterocycles. The number of amides is 1. The molecule has 0 fully saturated rings. The van der Waals surface area contributed by atoms with E-state index in [1.807, 2.05) is 0 Å². The minimum atomic E-state index is -4.23. The first-order valence-electron chi connectivity index (χ1n) is 4.71. The molecule has 0 unspecified atom stereocenters. The van der Waals surface area contributed by atoms with E-state index in [0.717, 1.165) is 0 Å². The van der Waals surface area contributed by atoms with Crippen LogP contribution in [0, 0.1) is 11.5 Å². The third-order valence-corrected chi connectivity index (χ3v) is 3.32. The van der Waals surface area contributed by atoms with Gasteiger partial charge in [-0.3, -0.25) is 9.63 Å². The first kappa shape index (κ1) is 13.2. The van der Waals surface area contributed by atoms with Gasteiger partial charge in [-0.1, -0.05) is 18.2 Å². The van der Waals surface area contributed by atoms with E-state index in [1.165, 1.54) is 37.4 Å². The van der Waals surface area contributed by atoms with Crippen LogP contribution in [0.3, 0.4) is 0 Å². The highest BCUT2D eigenvalue weighted by Crippen LogP contribution is 2.14. The van der Waals surface area contributed by atoms with Crippen molar-refractivity contribution in [3.63, 3.8) is 0 Å². The Morgan fingerprint density at radius 1 is 1.41 bits per heavy atom. The topological polar surface area (TPSA) is 87.5 Å². The van der Waals surface area contributed by atoms with Crippen LogP contribution in [-0.2, 0) is 14.7 Å². The summed E-state index contributed by atoms with van der Waals surface area (Å²) in [6.07, 6.45) is 1.36. The van der Waals surface area contributed by atoms with Crippen LogP contribution < -0.4 is 0 Å². The highest BCUT2D eigenvalue weighted by Gasteiger charge is 2.31. The number of sulfone groups is 1. The zero-order valence-corrected chi connectivity index (χ0v) is 9.85. The predicted molar refractivity (Wildman–Crippen MR) is 58.1 cm³/mol. The number of hydrogen-bond acceptors (Lipinski definition) is 5. The number of rotatable bonds is 3. The summed E-state index contributed by atoms with van der Waals surface area (Å²) in [4.78, 5) is 16.0. The summed E-state index contributed by atoms with van der Waals surface area (Å²) < 4.78 is 23.6. The molecule has 0 aliphatic carbocycles. The summed E-state index contributed by atoms with van der Waals surface area (Å²) in [7, 11) is -4.23. The fourth-order valence-corrected chi connectivity index (χ4v) is 2.09. The molecule has 0 atom stereocenters. The highest BCUT2D eigenvalue weighted by atomic mass is 32.2. The average molecular weight is 254 g/mol. The Morgan fingerprint density at radius 2 is 2.00 bits per heavy atom. The van der Waals surface area contributed by atoms with Crippen LogP contribution in [0.15, 0.2) is 35.2 Å². The Balaban J connectivity index is 3.08. The lowest BCUT2D eigenvalue weighted by Crippen LogP contribution is -2.31. The zero-order chi connectivity index (χ0) is 12.9. The van der Waals surface area contributed by atoms with Crippen molar-refractivity contribution in [1.29, 1.82) is 5.26 Å². The summed E-state index contributed by atoms with van der Waals surface area (Å²) in [6, 6.07) is 7.13.